The van der Waals surface area contributed by atoms with Crippen LogP contribution < -0.4 is 5.43 Å². The third-order valence-corrected chi connectivity index (χ3v) is 4.16. The van der Waals surface area contributed by atoms with E-state index in [1.807, 2.05) is 32.0 Å². The number of hydrogen-bond donors (Lipinski definition) is 2. The number of anilines is 1. The number of nitrogens with zero attached hydrogens (tertiary/aromatic N) is 2. The Morgan fingerprint density at radius 1 is 1.26 bits per heavy atom. The van der Waals surface area contributed by atoms with Crippen LogP contribution >= 0.6 is 34.8 Å². The van der Waals surface area contributed by atoms with Crippen molar-refractivity contribution in [3.63, 3.8) is 0 Å². The van der Waals surface area contributed by atoms with Crippen molar-refractivity contribution in [3.05, 3.63) is 55.8 Å². The van der Waals surface area contributed by atoms with E-state index < -0.39 is 11.7 Å². The van der Waals surface area contributed by atoms with Gasteiger partial charge in [0.15, 0.2) is 10.8 Å². The Bertz CT molecular complexity index is 807. The Balaban J connectivity index is 2.35. The lowest BCUT2D eigenvalue weighted by Crippen LogP contribution is -2.05. The molecule has 1 aromatic carbocycles. The third-order valence-electron chi connectivity index (χ3n) is 3.06. The third kappa shape index (κ3) is 3.93. The summed E-state index contributed by atoms with van der Waals surface area (Å²) in [5.41, 5.74) is 5.36. The van der Waals surface area contributed by atoms with E-state index in [1.165, 1.54) is 0 Å². The molecule has 0 fully saturated rings. The first kappa shape index (κ1) is 17.5. The van der Waals surface area contributed by atoms with E-state index in [-0.39, 0.29) is 20.9 Å². The van der Waals surface area contributed by atoms with Crippen molar-refractivity contribution in [1.29, 1.82) is 0 Å². The molecule has 120 valence electrons. The number of aromatic carboxylic acids is 1. The highest BCUT2D eigenvalue weighted by Gasteiger charge is 2.20. The van der Waals surface area contributed by atoms with E-state index in [9.17, 15) is 4.79 Å². The van der Waals surface area contributed by atoms with Gasteiger partial charge in [-0.05, 0) is 25.0 Å². The Hall–Kier alpha value is -1.82. The van der Waals surface area contributed by atoms with Gasteiger partial charge in [0.05, 0.1) is 11.9 Å². The predicted octanol–water partition coefficient (Wildman–Crippen LogP) is 4.80. The van der Waals surface area contributed by atoms with Gasteiger partial charge in [-0.15, -0.1) is 0 Å². The van der Waals surface area contributed by atoms with Crippen molar-refractivity contribution in [1.82, 2.24) is 4.98 Å². The number of rotatable bonds is 4. The predicted molar refractivity (Wildman–Crippen MR) is 93.4 cm³/mol. The molecule has 0 unspecified atom stereocenters. The Kier molecular flexibility index (Phi) is 5.46. The van der Waals surface area contributed by atoms with Crippen LogP contribution in [-0.2, 0) is 0 Å². The smallest absolute Gasteiger partial charge is 0.356 e. The zero-order chi connectivity index (χ0) is 17.1. The molecule has 8 heteroatoms. The van der Waals surface area contributed by atoms with Crippen molar-refractivity contribution in [3.8, 4) is 0 Å². The molecule has 2 aromatic rings. The lowest BCUT2D eigenvalue weighted by molar-refractivity contribution is 0.0691. The van der Waals surface area contributed by atoms with Crippen LogP contribution in [0.2, 0.25) is 15.2 Å². The average molecular weight is 373 g/mol. The minimum Gasteiger partial charge on any atom is -0.476 e. The van der Waals surface area contributed by atoms with Gasteiger partial charge >= 0.3 is 5.97 Å². The molecule has 0 radical (unpaired) electrons. The Morgan fingerprint density at radius 2 is 1.96 bits per heavy atom. The number of aromatic nitrogens is 1. The summed E-state index contributed by atoms with van der Waals surface area (Å²) in [6.45, 7) is 3.92. The van der Waals surface area contributed by atoms with E-state index in [4.69, 9.17) is 39.9 Å². The molecule has 2 rings (SSSR count). The van der Waals surface area contributed by atoms with Gasteiger partial charge in [-0.2, -0.15) is 5.10 Å². The number of carboxylic acids is 1. The number of nitrogens with one attached hydrogen (secondary N) is 1. The summed E-state index contributed by atoms with van der Waals surface area (Å²) < 4.78 is 0. The fraction of sp³-hybridized carbons (Fsp3) is 0.133. The number of pyridine rings is 1. The van der Waals surface area contributed by atoms with Crippen LogP contribution in [0.1, 0.15) is 27.2 Å². The monoisotopic (exact) mass is 371 g/mol. The van der Waals surface area contributed by atoms with Gasteiger partial charge in [-0.3, -0.25) is 5.43 Å². The summed E-state index contributed by atoms with van der Waals surface area (Å²) >= 11 is 17.8. The summed E-state index contributed by atoms with van der Waals surface area (Å²) in [7, 11) is 0. The van der Waals surface area contributed by atoms with E-state index in [0.29, 0.717) is 0 Å². The molecule has 23 heavy (non-hydrogen) atoms. The van der Waals surface area contributed by atoms with Crippen LogP contribution in [0.5, 0.6) is 0 Å². The van der Waals surface area contributed by atoms with E-state index in [1.54, 1.807) is 6.21 Å². The van der Waals surface area contributed by atoms with Gasteiger partial charge in [0, 0.05) is 0 Å². The van der Waals surface area contributed by atoms with Crippen molar-refractivity contribution >= 4 is 52.7 Å². The molecule has 0 spiro atoms. The van der Waals surface area contributed by atoms with Crippen LogP contribution in [0, 0.1) is 13.8 Å². The summed E-state index contributed by atoms with van der Waals surface area (Å²) in [5, 5.41) is 12.8. The first-order valence-electron chi connectivity index (χ1n) is 6.45. The van der Waals surface area contributed by atoms with Gasteiger partial charge < -0.3 is 5.11 Å². The summed E-state index contributed by atoms with van der Waals surface area (Å²) in [5.74, 6) is -1.31. The second-order valence-corrected chi connectivity index (χ2v) is 5.90. The second-order valence-electron chi connectivity index (χ2n) is 4.79. The first-order chi connectivity index (χ1) is 10.8. The molecule has 0 aliphatic rings. The Morgan fingerprint density at radius 3 is 2.61 bits per heavy atom. The lowest BCUT2D eigenvalue weighted by Gasteiger charge is -2.09. The highest BCUT2D eigenvalue weighted by molar-refractivity contribution is 6.46. The molecule has 0 aliphatic heterocycles. The molecule has 0 aliphatic carbocycles. The van der Waals surface area contributed by atoms with Gasteiger partial charge in [-0.25, -0.2) is 9.78 Å². The molecule has 5 nitrogen and oxygen atoms in total. The van der Waals surface area contributed by atoms with Crippen molar-refractivity contribution in [2.24, 2.45) is 5.10 Å². The summed E-state index contributed by atoms with van der Waals surface area (Å²) in [4.78, 5) is 14.7. The van der Waals surface area contributed by atoms with Crippen molar-refractivity contribution in [2.45, 2.75) is 13.8 Å². The van der Waals surface area contributed by atoms with Crippen LogP contribution in [-0.4, -0.2) is 22.3 Å². The molecule has 0 bridgehead atoms. The molecule has 0 saturated heterocycles. The number of carboxylic acid groups (broad SMARTS) is 1. The van der Waals surface area contributed by atoms with Crippen molar-refractivity contribution in [2.75, 3.05) is 5.43 Å². The number of hydrogen-bond acceptors (Lipinski definition) is 4. The lowest BCUT2D eigenvalue weighted by atomic mass is 10.1. The van der Waals surface area contributed by atoms with Crippen LogP contribution in [0.15, 0.2) is 23.3 Å². The maximum Gasteiger partial charge on any atom is 0.356 e. The largest absolute Gasteiger partial charge is 0.476 e. The van der Waals surface area contributed by atoms with Gasteiger partial charge in [0.2, 0.25) is 0 Å². The number of aryl methyl sites for hydroxylation is 2. The fourth-order valence-corrected chi connectivity index (χ4v) is 2.49. The van der Waals surface area contributed by atoms with Crippen LogP contribution in [0.3, 0.4) is 0 Å². The standard InChI is InChI=1S/C15H12Cl3N3O2/c1-7-3-4-8(2)9(5-7)6-19-21-12-10(16)13(15(22)23)20-14(18)11(12)17/h3-6H,1-2H3,(H,20,21)(H,22,23)/b19-6-. The molecule has 0 saturated carbocycles. The number of hydrazone groups is 1. The van der Waals surface area contributed by atoms with Crippen LogP contribution in [0.25, 0.3) is 0 Å². The molecule has 0 amide bonds. The minimum atomic E-state index is -1.31. The Labute approximate surface area is 147 Å². The molecule has 1 heterocycles. The number of halogens is 3. The normalized spacial score (nSPS) is 11.0. The molecule has 1 aromatic heterocycles. The minimum absolute atomic E-state index is 0.000203. The summed E-state index contributed by atoms with van der Waals surface area (Å²) in [6, 6.07) is 5.93. The SMILES string of the molecule is Cc1ccc(C)c(/C=N\Nc2c(Cl)c(Cl)nc(C(=O)O)c2Cl)c1. The van der Waals surface area contributed by atoms with E-state index >= 15 is 0 Å². The summed E-state index contributed by atoms with van der Waals surface area (Å²) in [6.07, 6.45) is 1.59. The number of carbonyl (C=O) groups is 1. The van der Waals surface area contributed by atoms with Gasteiger partial charge in [0.25, 0.3) is 0 Å². The maximum absolute atomic E-state index is 11.1. The fourth-order valence-electron chi connectivity index (χ4n) is 1.82. The quantitative estimate of drug-likeness (QED) is 0.459. The molecular formula is C15H12Cl3N3O2. The maximum atomic E-state index is 11.1. The zero-order valence-corrected chi connectivity index (χ0v) is 14.5. The molecule has 0 atom stereocenters. The molecular weight excluding hydrogens is 361 g/mol. The zero-order valence-electron chi connectivity index (χ0n) is 12.2. The highest BCUT2D eigenvalue weighted by Crippen LogP contribution is 2.36. The first-order valence-corrected chi connectivity index (χ1v) is 7.58. The second kappa shape index (κ2) is 7.17. The van der Waals surface area contributed by atoms with Crippen molar-refractivity contribution < 1.29 is 9.90 Å². The topological polar surface area (TPSA) is 74.6 Å². The van der Waals surface area contributed by atoms with Gasteiger partial charge in [0.1, 0.15) is 10.0 Å². The average Bonchev–Trinajstić information content (AvgIpc) is 2.49. The highest BCUT2D eigenvalue weighted by atomic mass is 35.5. The van der Waals surface area contributed by atoms with E-state index in [0.717, 1.165) is 16.7 Å². The molecule has 2 N–H and O–H groups in total. The van der Waals surface area contributed by atoms with E-state index in [2.05, 4.69) is 15.5 Å². The van der Waals surface area contributed by atoms with Gasteiger partial charge in [-0.1, -0.05) is 58.6 Å². The number of benzene rings is 1. The van der Waals surface area contributed by atoms with Crippen LogP contribution in [0.4, 0.5) is 5.69 Å².